The quantitative estimate of drug-likeness (QED) is 0.141. The minimum Gasteiger partial charge on any atom is -1.00 e. The third kappa shape index (κ3) is 11.2. The molecule has 3 aromatic rings. The fourth-order valence-electron chi connectivity index (χ4n) is 4.99. The lowest BCUT2D eigenvalue weighted by atomic mass is 9.99. The number of nitrogens with zero attached hydrogens (tertiary/aromatic N) is 2. The van der Waals surface area contributed by atoms with Gasteiger partial charge in [-0.05, 0) is 12.8 Å². The predicted molar refractivity (Wildman–Crippen MR) is 145 cm³/mol. The van der Waals surface area contributed by atoms with Crippen molar-refractivity contribution in [3.8, 4) is 0 Å². The summed E-state index contributed by atoms with van der Waals surface area (Å²) in [4.78, 5) is 0. The van der Waals surface area contributed by atoms with Gasteiger partial charge in [-0.1, -0.05) is 145 Å². The number of aromatic nitrogens is 2. The smallest absolute Gasteiger partial charge is 0.244 e. The topological polar surface area (TPSA) is 8.81 Å². The molecule has 35 heavy (non-hydrogen) atoms. The van der Waals surface area contributed by atoms with Crippen molar-refractivity contribution in [2.45, 2.75) is 109 Å². The Morgan fingerprint density at radius 1 is 0.600 bits per heavy atom. The van der Waals surface area contributed by atoms with Crippen molar-refractivity contribution in [3.63, 3.8) is 0 Å². The standard InChI is InChI=1S/C32H47N2.BrH/c1-2-3-4-5-6-7-8-9-10-11-12-13-14-21-26-33-27-28-34(29-33)32(30-22-17-15-18-23-30)31-24-19-16-20-25-31;/h15-20,22-25,27-29,32H,2-14,21,26H2,1H3;1H/q+1;/p-1. The summed E-state index contributed by atoms with van der Waals surface area (Å²) in [5.74, 6) is 0. The van der Waals surface area contributed by atoms with E-state index in [4.69, 9.17) is 0 Å². The first-order chi connectivity index (χ1) is 16.9. The van der Waals surface area contributed by atoms with Crippen LogP contribution in [0.2, 0.25) is 0 Å². The fraction of sp³-hybridized carbons (Fsp3) is 0.531. The summed E-state index contributed by atoms with van der Waals surface area (Å²) in [5, 5.41) is 0. The second-order valence-corrected chi connectivity index (χ2v) is 9.92. The van der Waals surface area contributed by atoms with Gasteiger partial charge in [0.25, 0.3) is 0 Å². The molecule has 1 heterocycles. The first-order valence-electron chi connectivity index (χ1n) is 14.0. The lowest BCUT2D eigenvalue weighted by molar-refractivity contribution is -0.697. The van der Waals surface area contributed by atoms with Crippen LogP contribution in [0.15, 0.2) is 79.4 Å². The van der Waals surface area contributed by atoms with E-state index < -0.39 is 0 Å². The average Bonchev–Trinajstić information content (AvgIpc) is 3.34. The molecule has 3 heteroatoms. The highest BCUT2D eigenvalue weighted by molar-refractivity contribution is 5.32. The summed E-state index contributed by atoms with van der Waals surface area (Å²) in [6.07, 6.45) is 26.5. The number of imidazole rings is 1. The van der Waals surface area contributed by atoms with E-state index in [1.807, 2.05) is 0 Å². The molecular weight excluding hydrogens is 492 g/mol. The van der Waals surface area contributed by atoms with Crippen LogP contribution in [0.4, 0.5) is 0 Å². The second kappa shape index (κ2) is 18.4. The number of rotatable bonds is 18. The molecule has 0 amide bonds. The molecular formula is C32H47BrN2. The Labute approximate surface area is 225 Å². The summed E-state index contributed by atoms with van der Waals surface area (Å²) in [6.45, 7) is 3.41. The number of aryl methyl sites for hydroxylation is 1. The summed E-state index contributed by atoms with van der Waals surface area (Å²) >= 11 is 0. The number of unbranched alkanes of at least 4 members (excludes halogenated alkanes) is 13. The molecule has 0 fully saturated rings. The van der Waals surface area contributed by atoms with Crippen molar-refractivity contribution < 1.29 is 21.5 Å². The van der Waals surface area contributed by atoms with E-state index in [2.05, 4.69) is 95.4 Å². The highest BCUT2D eigenvalue weighted by Crippen LogP contribution is 2.25. The first kappa shape index (κ1) is 29.4. The normalized spacial score (nSPS) is 11.0. The van der Waals surface area contributed by atoms with Gasteiger partial charge in [0.1, 0.15) is 12.4 Å². The molecule has 0 saturated heterocycles. The zero-order valence-corrected chi connectivity index (χ0v) is 23.5. The van der Waals surface area contributed by atoms with E-state index in [1.165, 1.54) is 101 Å². The van der Waals surface area contributed by atoms with Crippen LogP contribution >= 0.6 is 0 Å². The van der Waals surface area contributed by atoms with Gasteiger partial charge in [-0.3, -0.25) is 0 Å². The van der Waals surface area contributed by atoms with Gasteiger partial charge in [0, 0.05) is 11.1 Å². The molecule has 0 aliphatic rings. The lowest BCUT2D eigenvalue weighted by Crippen LogP contribution is -3.00. The summed E-state index contributed by atoms with van der Waals surface area (Å²) in [6, 6.07) is 21.9. The number of hydrogen-bond donors (Lipinski definition) is 0. The van der Waals surface area contributed by atoms with Gasteiger partial charge >= 0.3 is 0 Å². The molecule has 192 valence electrons. The number of hydrogen-bond acceptors (Lipinski definition) is 0. The van der Waals surface area contributed by atoms with Crippen molar-refractivity contribution in [3.05, 3.63) is 90.5 Å². The van der Waals surface area contributed by atoms with Crippen LogP contribution in [0.1, 0.15) is 114 Å². The molecule has 0 unspecified atom stereocenters. The minimum absolute atomic E-state index is 0. The van der Waals surface area contributed by atoms with Crippen LogP contribution in [-0.4, -0.2) is 4.57 Å². The largest absolute Gasteiger partial charge is 1.00 e. The molecule has 3 rings (SSSR count). The maximum absolute atomic E-state index is 2.36. The molecule has 1 aromatic heterocycles. The summed E-state index contributed by atoms with van der Waals surface area (Å²) < 4.78 is 4.72. The Kier molecular flexibility index (Phi) is 15.4. The average molecular weight is 540 g/mol. The predicted octanol–water partition coefficient (Wildman–Crippen LogP) is 5.90. The SMILES string of the molecule is CCCCCCCCCCCCCCCC[n+]1ccn(C(c2ccccc2)c2ccccc2)c1.[Br-]. The monoisotopic (exact) mass is 538 g/mol. The molecule has 0 spiro atoms. The van der Waals surface area contributed by atoms with E-state index in [1.54, 1.807) is 0 Å². The van der Waals surface area contributed by atoms with Crippen LogP contribution in [0.3, 0.4) is 0 Å². The van der Waals surface area contributed by atoms with Gasteiger partial charge < -0.3 is 17.0 Å². The second-order valence-electron chi connectivity index (χ2n) is 9.92. The van der Waals surface area contributed by atoms with Gasteiger partial charge in [0.15, 0.2) is 6.04 Å². The molecule has 0 bridgehead atoms. The first-order valence-corrected chi connectivity index (χ1v) is 14.0. The number of benzene rings is 2. The van der Waals surface area contributed by atoms with Gasteiger partial charge in [0.2, 0.25) is 6.33 Å². The van der Waals surface area contributed by atoms with Crippen molar-refractivity contribution in [1.82, 2.24) is 4.57 Å². The van der Waals surface area contributed by atoms with Gasteiger partial charge in [-0.15, -0.1) is 0 Å². The molecule has 0 aliphatic carbocycles. The van der Waals surface area contributed by atoms with Crippen molar-refractivity contribution in [1.29, 1.82) is 0 Å². The van der Waals surface area contributed by atoms with E-state index in [-0.39, 0.29) is 23.0 Å². The van der Waals surface area contributed by atoms with Crippen LogP contribution < -0.4 is 21.5 Å². The molecule has 2 nitrogen and oxygen atoms in total. The van der Waals surface area contributed by atoms with E-state index in [9.17, 15) is 0 Å². The van der Waals surface area contributed by atoms with Crippen LogP contribution in [0.25, 0.3) is 0 Å². The minimum atomic E-state index is 0. The molecule has 2 aromatic carbocycles. The zero-order valence-electron chi connectivity index (χ0n) is 22.0. The fourth-order valence-corrected chi connectivity index (χ4v) is 4.99. The van der Waals surface area contributed by atoms with Gasteiger partial charge in [-0.2, -0.15) is 0 Å². The lowest BCUT2D eigenvalue weighted by Gasteiger charge is -2.14. The van der Waals surface area contributed by atoms with E-state index >= 15 is 0 Å². The van der Waals surface area contributed by atoms with E-state index in [0.717, 1.165) is 6.54 Å². The Morgan fingerprint density at radius 2 is 1.03 bits per heavy atom. The molecule has 0 radical (unpaired) electrons. The Morgan fingerprint density at radius 3 is 1.49 bits per heavy atom. The van der Waals surface area contributed by atoms with E-state index in [0.29, 0.717) is 0 Å². The van der Waals surface area contributed by atoms with Gasteiger partial charge in [-0.25, -0.2) is 9.13 Å². The highest BCUT2D eigenvalue weighted by Gasteiger charge is 2.21. The molecule has 0 aliphatic heterocycles. The van der Waals surface area contributed by atoms with Crippen LogP contribution in [0.5, 0.6) is 0 Å². The third-order valence-electron chi connectivity index (χ3n) is 7.01. The summed E-state index contributed by atoms with van der Waals surface area (Å²) in [7, 11) is 0. The zero-order chi connectivity index (χ0) is 23.7. The van der Waals surface area contributed by atoms with Crippen LogP contribution in [0, 0.1) is 0 Å². The number of halogens is 1. The Hall–Kier alpha value is -1.87. The van der Waals surface area contributed by atoms with Crippen molar-refractivity contribution in [2.24, 2.45) is 0 Å². The molecule has 0 N–H and O–H groups in total. The molecule has 0 atom stereocenters. The maximum atomic E-state index is 2.36. The Balaban J connectivity index is 0.00000432. The Bertz CT molecular complexity index is 835. The summed E-state index contributed by atoms with van der Waals surface area (Å²) in [5.41, 5.74) is 2.65. The van der Waals surface area contributed by atoms with Gasteiger partial charge in [0.05, 0.1) is 6.54 Å². The van der Waals surface area contributed by atoms with Crippen LogP contribution in [-0.2, 0) is 6.54 Å². The molecule has 0 saturated carbocycles. The maximum Gasteiger partial charge on any atom is 0.244 e. The van der Waals surface area contributed by atoms with Crippen molar-refractivity contribution in [2.75, 3.05) is 0 Å². The third-order valence-corrected chi connectivity index (χ3v) is 7.01. The van der Waals surface area contributed by atoms with Crippen molar-refractivity contribution >= 4 is 0 Å². The highest BCUT2D eigenvalue weighted by atomic mass is 79.9.